The highest BCUT2D eigenvalue weighted by Gasteiger charge is 2.14. The monoisotopic (exact) mass is 510 g/mol. The van der Waals surface area contributed by atoms with Crippen molar-refractivity contribution in [2.75, 3.05) is 13.7 Å². The normalized spacial score (nSPS) is 10.8. The number of hydrogen-bond acceptors (Lipinski definition) is 7. The molecule has 3 aromatic rings. The van der Waals surface area contributed by atoms with Crippen molar-refractivity contribution in [1.82, 2.24) is 5.32 Å². The second kappa shape index (κ2) is 11.5. The highest BCUT2D eigenvalue weighted by molar-refractivity contribution is 9.10. The van der Waals surface area contributed by atoms with Gasteiger partial charge in [-0.3, -0.25) is 4.79 Å². The molecule has 0 spiro atoms. The van der Waals surface area contributed by atoms with Gasteiger partial charge in [0.2, 0.25) is 0 Å². The fourth-order valence-electron chi connectivity index (χ4n) is 2.70. The molecule has 0 saturated heterocycles. The number of nitrogens with one attached hydrogen (secondary N) is 1. The van der Waals surface area contributed by atoms with Gasteiger partial charge >= 0.3 is 5.97 Å². The number of nitriles is 1. The van der Waals surface area contributed by atoms with Gasteiger partial charge in [-0.15, -0.1) is 0 Å². The number of amides is 1. The number of carbonyl (C=O) groups excluding carboxylic acids is 2. The van der Waals surface area contributed by atoms with Crippen molar-refractivity contribution in [2.24, 2.45) is 0 Å². The highest BCUT2D eigenvalue weighted by atomic mass is 79.9. The van der Waals surface area contributed by atoms with Gasteiger partial charge in [-0.1, -0.05) is 18.2 Å². The lowest BCUT2D eigenvalue weighted by Gasteiger charge is -2.11. The molecule has 0 unspecified atom stereocenters. The maximum Gasteiger partial charge on any atom is 0.349 e. The van der Waals surface area contributed by atoms with Crippen molar-refractivity contribution < 1.29 is 28.2 Å². The number of benzene rings is 2. The molecule has 3 rings (SSSR count). The second-order valence-corrected chi connectivity index (χ2v) is 7.39. The summed E-state index contributed by atoms with van der Waals surface area (Å²) in [5, 5.41) is 12.0. The van der Waals surface area contributed by atoms with E-state index < -0.39 is 11.9 Å². The van der Waals surface area contributed by atoms with Crippen molar-refractivity contribution in [3.63, 3.8) is 0 Å². The number of furan rings is 1. The van der Waals surface area contributed by atoms with Crippen LogP contribution >= 0.6 is 15.9 Å². The number of methoxy groups -OCH3 is 1. The molecule has 1 heterocycles. The van der Waals surface area contributed by atoms with Crippen LogP contribution in [0.2, 0.25) is 0 Å². The van der Waals surface area contributed by atoms with Gasteiger partial charge in [0.1, 0.15) is 23.2 Å². The van der Waals surface area contributed by atoms with Crippen LogP contribution in [0.15, 0.2) is 75.3 Å². The fraction of sp³-hybridized carbons (Fsp3) is 0.125. The third-order valence-corrected chi connectivity index (χ3v) is 4.93. The Balaban J connectivity index is 1.65. The van der Waals surface area contributed by atoms with Crippen LogP contribution in [0, 0.1) is 11.3 Å². The summed E-state index contributed by atoms with van der Waals surface area (Å²) in [6, 6.07) is 17.1. The number of rotatable bonds is 9. The Bertz CT molecular complexity index is 1200. The average molecular weight is 511 g/mol. The van der Waals surface area contributed by atoms with Gasteiger partial charge < -0.3 is 23.9 Å². The first-order chi connectivity index (χ1) is 16.0. The van der Waals surface area contributed by atoms with E-state index in [1.54, 1.807) is 42.5 Å². The van der Waals surface area contributed by atoms with Gasteiger partial charge in [0, 0.05) is 0 Å². The Hall–Kier alpha value is -4.03. The zero-order chi connectivity index (χ0) is 23.6. The van der Waals surface area contributed by atoms with Crippen LogP contribution in [0.25, 0.3) is 6.08 Å². The maximum atomic E-state index is 12.3. The minimum absolute atomic E-state index is 0.102. The molecular weight excluding hydrogens is 492 g/mol. The largest absolute Gasteiger partial charge is 0.493 e. The molecule has 1 N–H and O–H groups in total. The van der Waals surface area contributed by atoms with Crippen LogP contribution < -0.4 is 19.5 Å². The van der Waals surface area contributed by atoms with E-state index in [9.17, 15) is 14.9 Å². The molecule has 9 heteroatoms. The Labute approximate surface area is 198 Å². The summed E-state index contributed by atoms with van der Waals surface area (Å²) in [7, 11) is 1.42. The molecule has 0 aliphatic rings. The van der Waals surface area contributed by atoms with E-state index in [2.05, 4.69) is 21.2 Å². The summed E-state index contributed by atoms with van der Waals surface area (Å²) in [4.78, 5) is 24.5. The number of ether oxygens (including phenoxy) is 3. The summed E-state index contributed by atoms with van der Waals surface area (Å²) < 4.78 is 21.9. The van der Waals surface area contributed by atoms with Crippen LogP contribution in [0.5, 0.6) is 17.2 Å². The lowest BCUT2D eigenvalue weighted by atomic mass is 10.1. The molecule has 0 atom stereocenters. The van der Waals surface area contributed by atoms with Gasteiger partial charge in [0.15, 0.2) is 18.1 Å². The van der Waals surface area contributed by atoms with Gasteiger partial charge in [0.05, 0.1) is 24.4 Å². The molecule has 2 aromatic carbocycles. The smallest absolute Gasteiger partial charge is 0.349 e. The van der Waals surface area contributed by atoms with E-state index in [0.717, 1.165) is 0 Å². The SMILES string of the molecule is COc1cc(/C=C(\C#N)C(=O)NCc2ccco2)ccc1OC(=O)COc1ccccc1Br. The molecule has 168 valence electrons. The topological polar surface area (TPSA) is 111 Å². The van der Waals surface area contributed by atoms with Crippen LogP contribution in [0.1, 0.15) is 11.3 Å². The number of para-hydroxylation sites is 1. The highest BCUT2D eigenvalue weighted by Crippen LogP contribution is 2.29. The van der Waals surface area contributed by atoms with Crippen LogP contribution in [0.4, 0.5) is 0 Å². The van der Waals surface area contributed by atoms with E-state index in [4.69, 9.17) is 18.6 Å². The van der Waals surface area contributed by atoms with Gasteiger partial charge in [0.25, 0.3) is 5.91 Å². The molecule has 0 fully saturated rings. The first-order valence-corrected chi connectivity index (χ1v) is 10.5. The van der Waals surface area contributed by atoms with Crippen LogP contribution in [0.3, 0.4) is 0 Å². The number of carbonyl (C=O) groups is 2. The Morgan fingerprint density at radius 3 is 2.64 bits per heavy atom. The number of hydrogen-bond donors (Lipinski definition) is 1. The minimum atomic E-state index is -0.623. The predicted octanol–water partition coefficient (Wildman–Crippen LogP) is 4.26. The summed E-state index contributed by atoms with van der Waals surface area (Å²) in [5.41, 5.74) is 0.413. The quantitative estimate of drug-likeness (QED) is 0.198. The summed E-state index contributed by atoms with van der Waals surface area (Å²) in [6.45, 7) is -0.146. The summed E-state index contributed by atoms with van der Waals surface area (Å²) in [6.07, 6.45) is 2.90. The first kappa shape index (κ1) is 23.6. The van der Waals surface area contributed by atoms with Crippen molar-refractivity contribution in [3.05, 3.63) is 82.2 Å². The third kappa shape index (κ3) is 6.72. The molecule has 8 nitrogen and oxygen atoms in total. The summed E-state index contributed by atoms with van der Waals surface area (Å²) >= 11 is 3.34. The standard InChI is InChI=1S/C24H19BrN2O6/c1-30-22-12-16(11-17(13-26)24(29)27-14-18-5-4-10-31-18)8-9-21(22)33-23(28)15-32-20-7-3-2-6-19(20)25/h2-12H,14-15H2,1H3,(H,27,29)/b17-11+. The van der Waals surface area contributed by atoms with E-state index in [0.29, 0.717) is 21.5 Å². The van der Waals surface area contributed by atoms with Crippen molar-refractivity contribution in [2.45, 2.75) is 6.54 Å². The van der Waals surface area contributed by atoms with E-state index in [1.165, 1.54) is 25.5 Å². The number of esters is 1. The van der Waals surface area contributed by atoms with E-state index >= 15 is 0 Å². The Morgan fingerprint density at radius 1 is 1.12 bits per heavy atom. The van der Waals surface area contributed by atoms with Gasteiger partial charge in [-0.2, -0.15) is 5.26 Å². The van der Waals surface area contributed by atoms with Crippen molar-refractivity contribution >= 4 is 33.9 Å². The molecule has 1 amide bonds. The molecule has 0 aliphatic heterocycles. The third-order valence-electron chi connectivity index (χ3n) is 4.27. The average Bonchev–Trinajstić information content (AvgIpc) is 3.35. The van der Waals surface area contributed by atoms with Gasteiger partial charge in [-0.25, -0.2) is 4.79 Å². The van der Waals surface area contributed by atoms with Crippen LogP contribution in [-0.2, 0) is 16.1 Å². The predicted molar refractivity (Wildman–Crippen MR) is 122 cm³/mol. The lowest BCUT2D eigenvalue weighted by Crippen LogP contribution is -2.23. The maximum absolute atomic E-state index is 12.3. The van der Waals surface area contributed by atoms with Gasteiger partial charge in [-0.05, 0) is 64.0 Å². The minimum Gasteiger partial charge on any atom is -0.493 e. The fourth-order valence-corrected chi connectivity index (χ4v) is 3.10. The molecule has 0 aliphatic carbocycles. The van der Waals surface area contributed by atoms with E-state index in [1.807, 2.05) is 12.1 Å². The molecule has 1 aromatic heterocycles. The lowest BCUT2D eigenvalue weighted by molar-refractivity contribution is -0.136. The van der Waals surface area contributed by atoms with Crippen LogP contribution in [-0.4, -0.2) is 25.6 Å². The molecule has 0 radical (unpaired) electrons. The Morgan fingerprint density at radius 2 is 1.94 bits per heavy atom. The molecule has 0 saturated carbocycles. The Kier molecular flexibility index (Phi) is 8.27. The zero-order valence-electron chi connectivity index (χ0n) is 17.5. The first-order valence-electron chi connectivity index (χ1n) is 9.68. The zero-order valence-corrected chi connectivity index (χ0v) is 19.1. The molecular formula is C24H19BrN2O6. The van der Waals surface area contributed by atoms with Crippen molar-refractivity contribution in [3.8, 4) is 23.3 Å². The number of nitrogens with zero attached hydrogens (tertiary/aromatic N) is 1. The van der Waals surface area contributed by atoms with E-state index in [-0.39, 0.29) is 30.2 Å². The molecule has 0 bridgehead atoms. The molecule has 33 heavy (non-hydrogen) atoms. The van der Waals surface area contributed by atoms with Crippen molar-refractivity contribution in [1.29, 1.82) is 5.26 Å². The number of halogens is 1. The summed E-state index contributed by atoms with van der Waals surface area (Å²) in [5.74, 6) is 0.339. The second-order valence-electron chi connectivity index (χ2n) is 6.54.